The minimum Gasteiger partial charge on any atom is -0.493 e. The van der Waals surface area contributed by atoms with Gasteiger partial charge in [-0.25, -0.2) is 14.3 Å². The van der Waals surface area contributed by atoms with Crippen molar-refractivity contribution in [1.82, 2.24) is 19.5 Å². The molecule has 156 valence electrons. The van der Waals surface area contributed by atoms with Crippen LogP contribution < -0.4 is 9.47 Å². The highest BCUT2D eigenvalue weighted by Gasteiger charge is 2.25. The van der Waals surface area contributed by atoms with Gasteiger partial charge < -0.3 is 19.1 Å². The molecule has 30 heavy (non-hydrogen) atoms. The number of ether oxygens (including phenoxy) is 3. The van der Waals surface area contributed by atoms with E-state index in [0.717, 1.165) is 11.1 Å². The average Bonchev–Trinajstić information content (AvgIpc) is 3.11. The number of nitrogens with zero attached hydrogens (tertiary/aromatic N) is 4. The standard InChI is InChI=1S/C21H22N4O5/c1-13-19(20-22-6-4-7-25(20)23-13)21(27)30-12-18(26)24-8-5-14-9-16(28-2)17(29-3)10-15(14)11-24/h4,6-7,9-10H,5,8,11-12H2,1-3H3. The Kier molecular flexibility index (Phi) is 5.26. The molecule has 3 heterocycles. The van der Waals surface area contributed by atoms with Gasteiger partial charge in [-0.05, 0) is 42.7 Å². The molecule has 1 aliphatic rings. The van der Waals surface area contributed by atoms with Crippen molar-refractivity contribution in [3.05, 3.63) is 53.0 Å². The molecule has 0 saturated carbocycles. The lowest BCUT2D eigenvalue weighted by molar-refractivity contribution is -0.135. The SMILES string of the molecule is COc1cc2c(cc1OC)CN(C(=O)COC(=O)c1c(C)nn3cccnc13)CC2. The van der Waals surface area contributed by atoms with Gasteiger partial charge in [0.15, 0.2) is 23.8 Å². The first kappa shape index (κ1) is 19.7. The van der Waals surface area contributed by atoms with Crippen LogP contribution in [0.3, 0.4) is 0 Å². The molecule has 1 aromatic carbocycles. The normalized spacial score (nSPS) is 13.1. The van der Waals surface area contributed by atoms with Gasteiger partial charge in [0.05, 0.1) is 19.9 Å². The van der Waals surface area contributed by atoms with E-state index >= 15 is 0 Å². The Morgan fingerprint density at radius 1 is 1.13 bits per heavy atom. The lowest BCUT2D eigenvalue weighted by Crippen LogP contribution is -2.38. The van der Waals surface area contributed by atoms with Crippen LogP contribution in [0.1, 0.15) is 27.2 Å². The molecule has 9 nitrogen and oxygen atoms in total. The maximum atomic E-state index is 12.7. The fourth-order valence-corrected chi connectivity index (χ4v) is 3.62. The van der Waals surface area contributed by atoms with Crippen molar-refractivity contribution in [2.45, 2.75) is 19.9 Å². The first-order valence-electron chi connectivity index (χ1n) is 9.50. The Bertz CT molecular complexity index is 1120. The molecule has 0 radical (unpaired) electrons. The van der Waals surface area contributed by atoms with Crippen LogP contribution in [-0.2, 0) is 22.5 Å². The molecule has 0 N–H and O–H groups in total. The second-order valence-electron chi connectivity index (χ2n) is 6.97. The van der Waals surface area contributed by atoms with Gasteiger partial charge in [-0.2, -0.15) is 5.10 Å². The molecule has 0 bridgehead atoms. The summed E-state index contributed by atoms with van der Waals surface area (Å²) < 4.78 is 17.5. The van der Waals surface area contributed by atoms with Gasteiger partial charge in [-0.1, -0.05) is 0 Å². The Morgan fingerprint density at radius 3 is 2.60 bits per heavy atom. The lowest BCUT2D eigenvalue weighted by atomic mass is 9.99. The summed E-state index contributed by atoms with van der Waals surface area (Å²) in [5.74, 6) is 0.416. The van der Waals surface area contributed by atoms with E-state index in [1.165, 1.54) is 4.52 Å². The van der Waals surface area contributed by atoms with Crippen LogP contribution in [0.25, 0.3) is 5.65 Å². The third-order valence-corrected chi connectivity index (χ3v) is 5.17. The molecule has 3 aromatic rings. The first-order chi connectivity index (χ1) is 14.5. The fraction of sp³-hybridized carbons (Fsp3) is 0.333. The van der Waals surface area contributed by atoms with E-state index < -0.39 is 5.97 Å². The molecule has 0 unspecified atom stereocenters. The molecule has 0 atom stereocenters. The summed E-state index contributed by atoms with van der Waals surface area (Å²) >= 11 is 0. The van der Waals surface area contributed by atoms with Crippen LogP contribution in [0.15, 0.2) is 30.6 Å². The molecule has 4 rings (SSSR count). The third kappa shape index (κ3) is 3.54. The molecule has 1 aliphatic heterocycles. The largest absolute Gasteiger partial charge is 0.493 e. The Balaban J connectivity index is 1.44. The summed E-state index contributed by atoms with van der Waals surface area (Å²) in [6.45, 7) is 2.32. The maximum absolute atomic E-state index is 12.7. The van der Waals surface area contributed by atoms with E-state index in [4.69, 9.17) is 14.2 Å². The molecule has 0 saturated heterocycles. The molecular formula is C21H22N4O5. The topological polar surface area (TPSA) is 95.3 Å². The average molecular weight is 410 g/mol. The number of benzene rings is 1. The third-order valence-electron chi connectivity index (χ3n) is 5.17. The molecule has 0 aliphatic carbocycles. The van der Waals surface area contributed by atoms with Crippen LogP contribution in [0.2, 0.25) is 0 Å². The number of amides is 1. The molecule has 1 amide bonds. The first-order valence-corrected chi connectivity index (χ1v) is 9.50. The van der Waals surface area contributed by atoms with Gasteiger partial charge in [0.2, 0.25) is 0 Å². The smallest absolute Gasteiger partial charge is 0.344 e. The van der Waals surface area contributed by atoms with Crippen molar-refractivity contribution in [2.24, 2.45) is 0 Å². The summed E-state index contributed by atoms with van der Waals surface area (Å²) in [4.78, 5) is 31.1. The highest BCUT2D eigenvalue weighted by Crippen LogP contribution is 2.33. The Labute approximate surface area is 173 Å². The van der Waals surface area contributed by atoms with Crippen LogP contribution in [0.5, 0.6) is 11.5 Å². The zero-order valence-corrected chi connectivity index (χ0v) is 17.0. The van der Waals surface area contributed by atoms with Gasteiger partial charge in [-0.15, -0.1) is 0 Å². The molecule has 9 heteroatoms. The van der Waals surface area contributed by atoms with Crippen molar-refractivity contribution in [1.29, 1.82) is 0 Å². The van der Waals surface area contributed by atoms with Gasteiger partial charge in [0.1, 0.15) is 5.56 Å². The fourth-order valence-electron chi connectivity index (χ4n) is 3.62. The summed E-state index contributed by atoms with van der Waals surface area (Å²) in [6.07, 6.45) is 3.96. The van der Waals surface area contributed by atoms with Crippen LogP contribution in [0, 0.1) is 6.92 Å². The van der Waals surface area contributed by atoms with Crippen LogP contribution in [0.4, 0.5) is 0 Å². The number of aromatic nitrogens is 3. The number of aryl methyl sites for hydroxylation is 1. The van der Waals surface area contributed by atoms with E-state index in [1.807, 2.05) is 12.1 Å². The van der Waals surface area contributed by atoms with Gasteiger partial charge in [0, 0.05) is 25.5 Å². The molecule has 0 fully saturated rings. The van der Waals surface area contributed by atoms with E-state index in [0.29, 0.717) is 42.4 Å². The van der Waals surface area contributed by atoms with Crippen molar-refractivity contribution in [3.63, 3.8) is 0 Å². The number of hydrogen-bond acceptors (Lipinski definition) is 7. The summed E-state index contributed by atoms with van der Waals surface area (Å²) in [7, 11) is 3.17. The van der Waals surface area contributed by atoms with Crippen LogP contribution >= 0.6 is 0 Å². The predicted octanol–water partition coefficient (Wildman–Crippen LogP) is 1.80. The van der Waals surface area contributed by atoms with E-state index in [1.54, 1.807) is 44.5 Å². The maximum Gasteiger partial charge on any atom is 0.344 e. The number of rotatable bonds is 5. The second kappa shape index (κ2) is 8.02. The predicted molar refractivity (Wildman–Crippen MR) is 107 cm³/mol. The molecule has 2 aromatic heterocycles. The molecular weight excluding hydrogens is 388 g/mol. The number of fused-ring (bicyclic) bond motifs is 2. The number of carbonyl (C=O) groups is 2. The van der Waals surface area contributed by atoms with Crippen molar-refractivity contribution in [3.8, 4) is 11.5 Å². The number of esters is 1. The Morgan fingerprint density at radius 2 is 1.87 bits per heavy atom. The highest BCUT2D eigenvalue weighted by atomic mass is 16.5. The van der Waals surface area contributed by atoms with Crippen molar-refractivity contribution in [2.75, 3.05) is 27.4 Å². The molecule has 0 spiro atoms. The summed E-state index contributed by atoms with van der Waals surface area (Å²) in [5.41, 5.74) is 3.27. The Hall–Kier alpha value is -3.62. The highest BCUT2D eigenvalue weighted by molar-refractivity contribution is 5.98. The van der Waals surface area contributed by atoms with Gasteiger partial charge in [-0.3, -0.25) is 4.79 Å². The summed E-state index contributed by atoms with van der Waals surface area (Å²) in [5, 5.41) is 4.24. The number of methoxy groups -OCH3 is 2. The number of carbonyl (C=O) groups excluding carboxylic acids is 2. The van der Waals surface area contributed by atoms with E-state index in [2.05, 4.69) is 10.1 Å². The quantitative estimate of drug-likeness (QED) is 0.592. The van der Waals surface area contributed by atoms with Crippen LogP contribution in [-0.4, -0.2) is 58.7 Å². The zero-order chi connectivity index (χ0) is 21.3. The minimum absolute atomic E-state index is 0.258. The van der Waals surface area contributed by atoms with Crippen molar-refractivity contribution >= 4 is 17.5 Å². The number of hydrogen-bond donors (Lipinski definition) is 0. The minimum atomic E-state index is -0.613. The van der Waals surface area contributed by atoms with E-state index in [-0.39, 0.29) is 18.1 Å². The second-order valence-corrected chi connectivity index (χ2v) is 6.97. The van der Waals surface area contributed by atoms with Gasteiger partial charge in [0.25, 0.3) is 5.91 Å². The van der Waals surface area contributed by atoms with E-state index in [9.17, 15) is 9.59 Å². The summed E-state index contributed by atoms with van der Waals surface area (Å²) in [6, 6.07) is 5.54. The van der Waals surface area contributed by atoms with Gasteiger partial charge >= 0.3 is 5.97 Å². The lowest BCUT2D eigenvalue weighted by Gasteiger charge is -2.29. The zero-order valence-electron chi connectivity index (χ0n) is 17.0. The monoisotopic (exact) mass is 410 g/mol. The van der Waals surface area contributed by atoms with Crippen molar-refractivity contribution < 1.29 is 23.8 Å².